The largest absolute Gasteiger partial charge is 0.494 e. The van der Waals surface area contributed by atoms with Crippen LogP contribution < -0.4 is 14.9 Å². The molecule has 0 aliphatic rings. The average Bonchev–Trinajstić information content (AvgIpc) is 3.24. The molecule has 7 nitrogen and oxygen atoms in total. The zero-order chi connectivity index (χ0) is 20.5. The summed E-state index contributed by atoms with van der Waals surface area (Å²) in [5.74, 6) is 1.14. The second-order valence-corrected chi connectivity index (χ2v) is 6.21. The fourth-order valence-corrected chi connectivity index (χ4v) is 2.62. The van der Waals surface area contributed by atoms with Crippen LogP contribution in [0.3, 0.4) is 0 Å². The fourth-order valence-electron chi connectivity index (χ4n) is 2.62. The van der Waals surface area contributed by atoms with E-state index >= 15 is 0 Å². The molecule has 7 heteroatoms. The van der Waals surface area contributed by atoms with E-state index in [1.165, 1.54) is 0 Å². The van der Waals surface area contributed by atoms with E-state index in [0.717, 1.165) is 23.3 Å². The standard InChI is InChI=1S/C22H24N4O3/c1-3-13-29-18-11-9-16(10-12-18)19-14-20(25-24-19)22(27)26-23-15-17-7-5-6-8-21(17)28-4-2/h5-12,14-15H,3-4,13H2,1-2H3,(H,24,25)(H,26,27). The molecule has 29 heavy (non-hydrogen) atoms. The highest BCUT2D eigenvalue weighted by atomic mass is 16.5. The molecule has 150 valence electrons. The number of nitrogens with one attached hydrogen (secondary N) is 2. The lowest BCUT2D eigenvalue weighted by Crippen LogP contribution is -2.18. The number of carbonyl (C=O) groups is 1. The number of amides is 1. The van der Waals surface area contributed by atoms with Crippen LogP contribution in [0.5, 0.6) is 11.5 Å². The molecule has 0 aliphatic heterocycles. The van der Waals surface area contributed by atoms with E-state index < -0.39 is 0 Å². The summed E-state index contributed by atoms with van der Waals surface area (Å²) in [6, 6.07) is 16.8. The van der Waals surface area contributed by atoms with Gasteiger partial charge in [0.25, 0.3) is 5.91 Å². The number of hydrogen-bond donors (Lipinski definition) is 2. The van der Waals surface area contributed by atoms with Crippen molar-refractivity contribution < 1.29 is 14.3 Å². The lowest BCUT2D eigenvalue weighted by atomic mass is 10.1. The van der Waals surface area contributed by atoms with E-state index in [0.29, 0.717) is 30.4 Å². The number of hydrazone groups is 1. The Morgan fingerprint density at radius 1 is 1.14 bits per heavy atom. The maximum Gasteiger partial charge on any atom is 0.289 e. The molecule has 3 rings (SSSR count). The van der Waals surface area contributed by atoms with Crippen molar-refractivity contribution in [2.45, 2.75) is 20.3 Å². The van der Waals surface area contributed by atoms with Gasteiger partial charge in [-0.3, -0.25) is 9.89 Å². The molecule has 0 radical (unpaired) electrons. The first-order valence-electron chi connectivity index (χ1n) is 9.55. The van der Waals surface area contributed by atoms with Crippen LogP contribution >= 0.6 is 0 Å². The van der Waals surface area contributed by atoms with E-state index in [1.807, 2.05) is 55.5 Å². The zero-order valence-corrected chi connectivity index (χ0v) is 16.5. The number of ether oxygens (including phenoxy) is 2. The number of rotatable bonds is 9. The molecule has 1 heterocycles. The minimum atomic E-state index is -0.378. The van der Waals surface area contributed by atoms with Crippen LogP contribution in [-0.4, -0.2) is 35.5 Å². The first kappa shape index (κ1) is 20.1. The van der Waals surface area contributed by atoms with Crippen molar-refractivity contribution in [3.05, 3.63) is 65.9 Å². The molecular weight excluding hydrogens is 368 g/mol. The predicted octanol–water partition coefficient (Wildman–Crippen LogP) is 4.03. The van der Waals surface area contributed by atoms with Crippen molar-refractivity contribution in [2.75, 3.05) is 13.2 Å². The molecule has 2 N–H and O–H groups in total. The van der Waals surface area contributed by atoms with E-state index in [2.05, 4.69) is 27.6 Å². The van der Waals surface area contributed by atoms with Gasteiger partial charge in [-0.1, -0.05) is 19.1 Å². The average molecular weight is 392 g/mol. The van der Waals surface area contributed by atoms with Gasteiger partial charge in [0.1, 0.15) is 17.2 Å². The molecule has 0 saturated carbocycles. The molecule has 0 spiro atoms. The lowest BCUT2D eigenvalue weighted by molar-refractivity contribution is 0.0950. The topological polar surface area (TPSA) is 88.6 Å². The van der Waals surface area contributed by atoms with Crippen molar-refractivity contribution in [1.82, 2.24) is 15.6 Å². The predicted molar refractivity (Wildman–Crippen MR) is 112 cm³/mol. The lowest BCUT2D eigenvalue weighted by Gasteiger charge is -2.05. The van der Waals surface area contributed by atoms with Gasteiger partial charge >= 0.3 is 0 Å². The van der Waals surface area contributed by atoms with Gasteiger partial charge in [0, 0.05) is 11.1 Å². The van der Waals surface area contributed by atoms with Gasteiger partial charge in [-0.15, -0.1) is 0 Å². The summed E-state index contributed by atoms with van der Waals surface area (Å²) >= 11 is 0. The third-order valence-electron chi connectivity index (χ3n) is 4.03. The summed E-state index contributed by atoms with van der Waals surface area (Å²) < 4.78 is 11.1. The monoisotopic (exact) mass is 392 g/mol. The normalized spacial score (nSPS) is 10.8. The number of hydrogen-bond acceptors (Lipinski definition) is 5. The molecule has 0 bridgehead atoms. The number of aromatic amines is 1. The number of aromatic nitrogens is 2. The van der Waals surface area contributed by atoms with Crippen LogP contribution in [0.4, 0.5) is 0 Å². The number of carbonyl (C=O) groups excluding carboxylic acids is 1. The van der Waals surface area contributed by atoms with Crippen molar-refractivity contribution in [1.29, 1.82) is 0 Å². The molecule has 0 unspecified atom stereocenters. The Morgan fingerprint density at radius 3 is 2.69 bits per heavy atom. The highest BCUT2D eigenvalue weighted by Gasteiger charge is 2.10. The van der Waals surface area contributed by atoms with Crippen LogP contribution in [-0.2, 0) is 0 Å². The summed E-state index contributed by atoms with van der Waals surface area (Å²) in [4.78, 5) is 12.3. The molecule has 2 aromatic carbocycles. The molecule has 3 aromatic rings. The van der Waals surface area contributed by atoms with Crippen LogP contribution in [0.25, 0.3) is 11.3 Å². The van der Waals surface area contributed by atoms with E-state index in [4.69, 9.17) is 9.47 Å². The number of H-pyrrole nitrogens is 1. The number of nitrogens with zero attached hydrogens (tertiary/aromatic N) is 2. The van der Waals surface area contributed by atoms with Gasteiger partial charge < -0.3 is 9.47 Å². The number of para-hydroxylation sites is 1. The summed E-state index contributed by atoms with van der Waals surface area (Å²) in [6.07, 6.45) is 2.51. The molecule has 1 amide bonds. The maximum atomic E-state index is 12.3. The van der Waals surface area contributed by atoms with E-state index in [9.17, 15) is 4.79 Å². The van der Waals surface area contributed by atoms with Gasteiger partial charge in [-0.2, -0.15) is 10.2 Å². The van der Waals surface area contributed by atoms with Gasteiger partial charge in [0.15, 0.2) is 0 Å². The number of benzene rings is 2. The highest BCUT2D eigenvalue weighted by Crippen LogP contribution is 2.21. The Bertz CT molecular complexity index is 964. The van der Waals surface area contributed by atoms with E-state index in [-0.39, 0.29) is 5.91 Å². The zero-order valence-electron chi connectivity index (χ0n) is 16.5. The van der Waals surface area contributed by atoms with E-state index in [1.54, 1.807) is 12.3 Å². The SMILES string of the molecule is CCCOc1ccc(-c2cc(C(=O)NN=Cc3ccccc3OCC)[nH]n2)cc1. The third-order valence-corrected chi connectivity index (χ3v) is 4.03. The van der Waals surface area contributed by atoms with Crippen LogP contribution in [0.15, 0.2) is 59.7 Å². The summed E-state index contributed by atoms with van der Waals surface area (Å²) in [5, 5.41) is 11.0. The minimum Gasteiger partial charge on any atom is -0.494 e. The summed E-state index contributed by atoms with van der Waals surface area (Å²) in [6.45, 7) is 5.21. The van der Waals surface area contributed by atoms with Crippen molar-refractivity contribution >= 4 is 12.1 Å². The van der Waals surface area contributed by atoms with Gasteiger partial charge in [0.2, 0.25) is 0 Å². The molecular formula is C22H24N4O3. The summed E-state index contributed by atoms with van der Waals surface area (Å²) in [5.41, 5.74) is 5.16. The molecule has 0 saturated heterocycles. The quantitative estimate of drug-likeness (QED) is 0.425. The van der Waals surface area contributed by atoms with Gasteiger partial charge in [-0.25, -0.2) is 5.43 Å². The van der Waals surface area contributed by atoms with Crippen molar-refractivity contribution in [2.24, 2.45) is 5.10 Å². The second-order valence-electron chi connectivity index (χ2n) is 6.21. The maximum absolute atomic E-state index is 12.3. The highest BCUT2D eigenvalue weighted by molar-refractivity contribution is 5.94. The fraction of sp³-hybridized carbons (Fsp3) is 0.227. The Labute approximate surface area is 169 Å². The first-order chi connectivity index (χ1) is 14.2. The van der Waals surface area contributed by atoms with Crippen molar-refractivity contribution in [3.8, 4) is 22.8 Å². The Hall–Kier alpha value is -3.61. The molecule has 0 atom stereocenters. The van der Waals surface area contributed by atoms with Crippen molar-refractivity contribution in [3.63, 3.8) is 0 Å². The Balaban J connectivity index is 1.62. The van der Waals surface area contributed by atoms with Crippen LogP contribution in [0, 0.1) is 0 Å². The minimum absolute atomic E-state index is 0.321. The van der Waals surface area contributed by atoms with Gasteiger partial charge in [0.05, 0.1) is 25.1 Å². The smallest absolute Gasteiger partial charge is 0.289 e. The summed E-state index contributed by atoms with van der Waals surface area (Å²) in [7, 11) is 0. The van der Waals surface area contributed by atoms with Crippen LogP contribution in [0.2, 0.25) is 0 Å². The second kappa shape index (κ2) is 10.1. The van der Waals surface area contributed by atoms with Gasteiger partial charge in [-0.05, 0) is 55.8 Å². The Kier molecular flexibility index (Phi) is 7.00. The van der Waals surface area contributed by atoms with Crippen LogP contribution in [0.1, 0.15) is 36.3 Å². The first-order valence-corrected chi connectivity index (χ1v) is 9.55. The Morgan fingerprint density at radius 2 is 1.93 bits per heavy atom. The third kappa shape index (κ3) is 5.44. The molecule has 1 aromatic heterocycles. The molecule has 0 aliphatic carbocycles. The molecule has 0 fully saturated rings.